The summed E-state index contributed by atoms with van der Waals surface area (Å²) in [7, 11) is 0. The number of aromatic amines is 1. The van der Waals surface area contributed by atoms with Crippen molar-refractivity contribution in [2.75, 3.05) is 10.6 Å². The van der Waals surface area contributed by atoms with Crippen LogP contribution in [-0.2, 0) is 4.79 Å². The second-order valence-corrected chi connectivity index (χ2v) is 8.57. The zero-order valence-electron chi connectivity index (χ0n) is 16.6. The lowest BCUT2D eigenvalue weighted by Gasteiger charge is -2.09. The fourth-order valence-electron chi connectivity index (χ4n) is 3.14. The van der Waals surface area contributed by atoms with E-state index in [1.807, 2.05) is 61.0 Å². The molecule has 1 aliphatic rings. The van der Waals surface area contributed by atoms with Gasteiger partial charge in [0.25, 0.3) is 0 Å². The molecule has 3 aromatic heterocycles. The number of amides is 1. The largest absolute Gasteiger partial charge is 0.326 e. The van der Waals surface area contributed by atoms with E-state index in [1.165, 1.54) is 0 Å². The summed E-state index contributed by atoms with van der Waals surface area (Å²) in [4.78, 5) is 22.2. The van der Waals surface area contributed by atoms with E-state index in [9.17, 15) is 4.79 Å². The molecule has 0 radical (unpaired) electrons. The lowest BCUT2D eigenvalue weighted by atomic mass is 10.3. The van der Waals surface area contributed by atoms with Crippen molar-refractivity contribution in [1.29, 1.82) is 0 Å². The Balaban J connectivity index is 1.39. The Morgan fingerprint density at radius 1 is 1.23 bits per heavy atom. The van der Waals surface area contributed by atoms with Crippen molar-refractivity contribution in [3.8, 4) is 0 Å². The van der Waals surface area contributed by atoms with Crippen molar-refractivity contribution in [1.82, 2.24) is 24.6 Å². The van der Waals surface area contributed by atoms with Gasteiger partial charge in [-0.25, -0.2) is 9.97 Å². The van der Waals surface area contributed by atoms with Crippen LogP contribution in [0.2, 0.25) is 0 Å². The molecule has 3 heterocycles. The Morgan fingerprint density at radius 2 is 2.03 bits per heavy atom. The molecule has 0 atom stereocenters. The van der Waals surface area contributed by atoms with Gasteiger partial charge in [-0.3, -0.25) is 14.3 Å². The average molecular weight is 420 g/mol. The molecule has 1 amide bonds. The van der Waals surface area contributed by atoms with Gasteiger partial charge >= 0.3 is 0 Å². The number of nitrogens with zero attached hydrogens (tertiary/aromatic N) is 4. The summed E-state index contributed by atoms with van der Waals surface area (Å²) in [5.74, 6) is 1.65. The molecule has 1 fully saturated rings. The van der Waals surface area contributed by atoms with Crippen LogP contribution in [0.5, 0.6) is 0 Å². The minimum Gasteiger partial charge on any atom is -0.326 e. The van der Waals surface area contributed by atoms with E-state index in [-0.39, 0.29) is 11.8 Å². The van der Waals surface area contributed by atoms with Crippen LogP contribution in [0, 0.1) is 19.8 Å². The number of aromatic nitrogens is 5. The summed E-state index contributed by atoms with van der Waals surface area (Å²) in [6.07, 6.45) is 5.79. The first-order chi connectivity index (χ1) is 14.5. The molecule has 30 heavy (non-hydrogen) atoms. The number of carbonyl (C=O) groups excluding carboxylic acids is 1. The highest BCUT2D eigenvalue weighted by molar-refractivity contribution is 7.99. The van der Waals surface area contributed by atoms with Crippen LogP contribution in [0.4, 0.5) is 17.3 Å². The third-order valence-electron chi connectivity index (χ3n) is 4.90. The first-order valence-corrected chi connectivity index (χ1v) is 10.6. The monoisotopic (exact) mass is 419 g/mol. The van der Waals surface area contributed by atoms with Crippen molar-refractivity contribution in [2.45, 2.75) is 36.6 Å². The summed E-state index contributed by atoms with van der Waals surface area (Å²) in [6.45, 7) is 3.96. The topological polar surface area (TPSA) is 100 Å². The third-order valence-corrected chi connectivity index (χ3v) is 5.81. The smallest absolute Gasteiger partial charge is 0.227 e. The van der Waals surface area contributed by atoms with Crippen LogP contribution < -0.4 is 10.6 Å². The molecule has 152 valence electrons. The second kappa shape index (κ2) is 7.49. The van der Waals surface area contributed by atoms with Gasteiger partial charge in [-0.2, -0.15) is 5.10 Å². The highest BCUT2D eigenvalue weighted by Crippen LogP contribution is 2.32. The molecule has 8 nitrogen and oxygen atoms in total. The Bertz CT molecular complexity index is 1220. The highest BCUT2D eigenvalue weighted by Gasteiger charge is 2.29. The van der Waals surface area contributed by atoms with E-state index in [2.05, 4.69) is 25.8 Å². The van der Waals surface area contributed by atoms with Crippen LogP contribution in [0.1, 0.15) is 24.2 Å². The van der Waals surface area contributed by atoms with Crippen molar-refractivity contribution in [3.63, 3.8) is 0 Å². The quantitative estimate of drug-likeness (QED) is 0.431. The number of benzene rings is 1. The maximum atomic E-state index is 11.9. The molecule has 0 bridgehead atoms. The molecule has 9 heteroatoms. The zero-order valence-corrected chi connectivity index (χ0v) is 17.5. The molecule has 4 aromatic rings. The predicted molar refractivity (Wildman–Crippen MR) is 116 cm³/mol. The average Bonchev–Trinajstić information content (AvgIpc) is 3.41. The van der Waals surface area contributed by atoms with Crippen LogP contribution in [0.15, 0.2) is 52.6 Å². The second-order valence-electron chi connectivity index (χ2n) is 7.47. The number of hydrogen-bond donors (Lipinski definition) is 3. The van der Waals surface area contributed by atoms with E-state index < -0.39 is 0 Å². The van der Waals surface area contributed by atoms with Crippen LogP contribution >= 0.6 is 11.8 Å². The molecule has 1 aliphatic carbocycles. The number of anilines is 3. The number of aryl methyl sites for hydroxylation is 2. The van der Waals surface area contributed by atoms with Crippen LogP contribution in [-0.4, -0.2) is 30.5 Å². The number of hydrogen-bond acceptors (Lipinski definition) is 6. The van der Waals surface area contributed by atoms with Gasteiger partial charge in [0.1, 0.15) is 5.03 Å². The van der Waals surface area contributed by atoms with Crippen LogP contribution in [0.25, 0.3) is 5.65 Å². The van der Waals surface area contributed by atoms with Crippen molar-refractivity contribution in [2.24, 2.45) is 5.92 Å². The van der Waals surface area contributed by atoms with E-state index >= 15 is 0 Å². The lowest BCUT2D eigenvalue weighted by molar-refractivity contribution is -0.117. The minimum atomic E-state index is 0.113. The van der Waals surface area contributed by atoms with E-state index in [4.69, 9.17) is 4.98 Å². The van der Waals surface area contributed by atoms with Gasteiger partial charge in [-0.15, -0.1) is 0 Å². The van der Waals surface area contributed by atoms with Gasteiger partial charge in [0.15, 0.2) is 17.3 Å². The number of fused-ring (bicyclic) bond motifs is 1. The summed E-state index contributed by atoms with van der Waals surface area (Å²) in [6, 6.07) is 9.75. The summed E-state index contributed by atoms with van der Waals surface area (Å²) in [5, 5.41) is 14.2. The molecule has 0 unspecified atom stereocenters. The van der Waals surface area contributed by atoms with Gasteiger partial charge in [0, 0.05) is 46.3 Å². The number of imidazole rings is 1. The SMILES string of the molecule is Cc1cc(Nc2nc(Sc3ccc(NC(=O)C4CC4)cc3)cn3c(C)cnc23)n[nH]1. The molecule has 1 saturated carbocycles. The van der Waals surface area contributed by atoms with Crippen molar-refractivity contribution in [3.05, 3.63) is 54.1 Å². The lowest BCUT2D eigenvalue weighted by Crippen LogP contribution is -2.12. The number of rotatable bonds is 6. The van der Waals surface area contributed by atoms with Crippen LogP contribution in [0.3, 0.4) is 0 Å². The van der Waals surface area contributed by atoms with Gasteiger partial charge < -0.3 is 10.6 Å². The fourth-order valence-corrected chi connectivity index (χ4v) is 3.95. The Hall–Kier alpha value is -3.33. The minimum absolute atomic E-state index is 0.113. The normalized spacial score (nSPS) is 13.5. The molecular weight excluding hydrogens is 398 g/mol. The number of carbonyl (C=O) groups is 1. The van der Waals surface area contributed by atoms with Crippen molar-refractivity contribution < 1.29 is 4.79 Å². The predicted octanol–water partition coefficient (Wildman–Crippen LogP) is 4.31. The number of H-pyrrole nitrogens is 1. The van der Waals surface area contributed by atoms with E-state index in [0.29, 0.717) is 11.6 Å². The van der Waals surface area contributed by atoms with Gasteiger partial charge in [0.05, 0.1) is 0 Å². The van der Waals surface area contributed by atoms with Gasteiger partial charge in [-0.05, 0) is 51.0 Å². The summed E-state index contributed by atoms with van der Waals surface area (Å²) < 4.78 is 2.02. The first kappa shape index (κ1) is 18.7. The molecule has 3 N–H and O–H groups in total. The summed E-state index contributed by atoms with van der Waals surface area (Å²) in [5.41, 5.74) is 3.55. The molecule has 5 rings (SSSR count). The maximum Gasteiger partial charge on any atom is 0.227 e. The fraction of sp³-hybridized carbons (Fsp3) is 0.238. The third kappa shape index (κ3) is 3.88. The summed E-state index contributed by atoms with van der Waals surface area (Å²) >= 11 is 1.55. The Morgan fingerprint density at radius 3 is 2.73 bits per heavy atom. The standard InChI is InChI=1S/C21H21N7OS/c1-12-9-17(27-26-12)24-19-20-22-10-13(2)28(20)11-18(25-19)30-16-7-5-15(6-8-16)23-21(29)14-3-4-14/h5-11,14H,3-4H2,1-2H3,(H,23,29)(H2,24,25,26,27). The van der Waals surface area contributed by atoms with E-state index in [0.717, 1.165) is 45.5 Å². The zero-order chi connectivity index (χ0) is 20.7. The molecule has 1 aromatic carbocycles. The maximum absolute atomic E-state index is 11.9. The van der Waals surface area contributed by atoms with Gasteiger partial charge in [0.2, 0.25) is 5.91 Å². The van der Waals surface area contributed by atoms with E-state index in [1.54, 1.807) is 11.8 Å². The highest BCUT2D eigenvalue weighted by atomic mass is 32.2. The Kier molecular flexibility index (Phi) is 4.66. The molecule has 0 spiro atoms. The van der Waals surface area contributed by atoms with Crippen molar-refractivity contribution >= 4 is 40.6 Å². The first-order valence-electron chi connectivity index (χ1n) is 9.78. The Labute approximate surface area is 177 Å². The molecule has 0 saturated heterocycles. The molecule has 0 aliphatic heterocycles. The molecular formula is C21H21N7OS. The number of nitrogens with one attached hydrogen (secondary N) is 3. The van der Waals surface area contributed by atoms with Gasteiger partial charge in [-0.1, -0.05) is 11.8 Å².